The number of hydrogen-bond donors (Lipinski definition) is 2. The summed E-state index contributed by atoms with van der Waals surface area (Å²) in [5.74, 6) is 1.27. The number of rotatable bonds is 4. The summed E-state index contributed by atoms with van der Waals surface area (Å²) in [5.41, 5.74) is 2.01. The van der Waals surface area contributed by atoms with E-state index in [1.165, 1.54) is 0 Å². The zero-order chi connectivity index (χ0) is 18.9. The molecular weight excluding hydrogens is 366 g/mol. The van der Waals surface area contributed by atoms with Gasteiger partial charge in [0.2, 0.25) is 0 Å². The van der Waals surface area contributed by atoms with Gasteiger partial charge < -0.3 is 14.6 Å². The average molecular weight is 387 g/mol. The van der Waals surface area contributed by atoms with E-state index in [4.69, 9.17) is 9.26 Å². The predicted molar refractivity (Wildman–Crippen MR) is 102 cm³/mol. The number of nitrogens with one attached hydrogen (secondary N) is 2. The number of urea groups is 1. The molecule has 2 amide bonds. The summed E-state index contributed by atoms with van der Waals surface area (Å²) in [6.07, 6.45) is 1.25. The number of carbonyl (C=O) groups is 1. The van der Waals surface area contributed by atoms with E-state index in [2.05, 4.69) is 20.9 Å². The number of ether oxygens (including phenoxy) is 1. The lowest BCUT2D eigenvalue weighted by molar-refractivity contribution is 0.0307. The van der Waals surface area contributed by atoms with Crippen LogP contribution in [0.1, 0.15) is 24.3 Å². The van der Waals surface area contributed by atoms with Gasteiger partial charge in [0.25, 0.3) is 0 Å². The molecule has 0 aromatic carbocycles. The number of carbonyl (C=O) groups excluding carboxylic acids is 1. The third-order valence-electron chi connectivity index (χ3n) is 4.74. The van der Waals surface area contributed by atoms with E-state index in [1.807, 2.05) is 35.9 Å². The smallest absolute Gasteiger partial charge is 0.321 e. The molecule has 3 aromatic rings. The van der Waals surface area contributed by atoms with E-state index in [0.29, 0.717) is 37.6 Å². The number of aromatic nitrogens is 3. The van der Waals surface area contributed by atoms with E-state index in [0.717, 1.165) is 17.0 Å². The van der Waals surface area contributed by atoms with Gasteiger partial charge in [-0.15, -0.1) is 0 Å². The van der Waals surface area contributed by atoms with Crippen LogP contribution in [0.15, 0.2) is 33.5 Å². The Labute approximate surface area is 160 Å². The van der Waals surface area contributed by atoms with Crippen molar-refractivity contribution in [1.29, 1.82) is 0 Å². The van der Waals surface area contributed by atoms with Crippen LogP contribution in [0.25, 0.3) is 11.3 Å². The molecule has 1 fully saturated rings. The molecule has 142 valence electrons. The van der Waals surface area contributed by atoms with E-state index in [-0.39, 0.29) is 6.03 Å². The molecule has 0 bridgehead atoms. The van der Waals surface area contributed by atoms with Crippen LogP contribution in [0.3, 0.4) is 0 Å². The highest BCUT2D eigenvalue weighted by Crippen LogP contribution is 2.33. The summed E-state index contributed by atoms with van der Waals surface area (Å²) in [4.78, 5) is 12.7. The number of anilines is 1. The molecule has 8 nitrogen and oxygen atoms in total. The fourth-order valence-corrected chi connectivity index (χ4v) is 3.89. The Balaban J connectivity index is 1.52. The topological polar surface area (TPSA) is 94.2 Å². The minimum Gasteiger partial charge on any atom is -0.381 e. The third kappa shape index (κ3) is 3.60. The summed E-state index contributed by atoms with van der Waals surface area (Å²) < 4.78 is 12.6. The minimum atomic E-state index is -0.627. The quantitative estimate of drug-likeness (QED) is 0.716. The molecule has 4 heterocycles. The lowest BCUT2D eigenvalue weighted by Crippen LogP contribution is -2.50. The molecule has 1 saturated heterocycles. The Hall–Kier alpha value is -2.65. The maximum absolute atomic E-state index is 12.7. The van der Waals surface area contributed by atoms with Crippen molar-refractivity contribution < 1.29 is 14.1 Å². The van der Waals surface area contributed by atoms with Crippen LogP contribution in [-0.2, 0) is 17.3 Å². The molecule has 0 radical (unpaired) electrons. The first-order valence-corrected chi connectivity index (χ1v) is 9.67. The van der Waals surface area contributed by atoms with Crippen molar-refractivity contribution in [2.24, 2.45) is 7.05 Å². The Morgan fingerprint density at radius 2 is 2.15 bits per heavy atom. The fourth-order valence-electron chi connectivity index (χ4n) is 3.24. The van der Waals surface area contributed by atoms with Crippen molar-refractivity contribution >= 4 is 23.2 Å². The van der Waals surface area contributed by atoms with Crippen LogP contribution in [-0.4, -0.2) is 34.2 Å². The van der Waals surface area contributed by atoms with E-state index in [1.54, 1.807) is 23.1 Å². The molecule has 3 aromatic heterocycles. The van der Waals surface area contributed by atoms with Gasteiger partial charge in [-0.05, 0) is 18.4 Å². The fraction of sp³-hybridized carbons (Fsp3) is 0.389. The molecule has 2 N–H and O–H groups in total. The normalized spacial score (nSPS) is 16.2. The molecule has 1 aliphatic heterocycles. The van der Waals surface area contributed by atoms with Crippen molar-refractivity contribution in [3.63, 3.8) is 0 Å². The van der Waals surface area contributed by atoms with Crippen LogP contribution in [0.2, 0.25) is 0 Å². The van der Waals surface area contributed by atoms with Gasteiger partial charge in [0.1, 0.15) is 11.4 Å². The molecule has 0 atom stereocenters. The number of amides is 2. The Morgan fingerprint density at radius 3 is 2.81 bits per heavy atom. The summed E-state index contributed by atoms with van der Waals surface area (Å²) in [6.45, 7) is 2.96. The Morgan fingerprint density at radius 1 is 1.33 bits per heavy atom. The lowest BCUT2D eigenvalue weighted by atomic mass is 9.87. The van der Waals surface area contributed by atoms with Crippen molar-refractivity contribution in [3.05, 3.63) is 40.4 Å². The monoisotopic (exact) mass is 387 g/mol. The SMILES string of the molecule is Cc1cc(C2(NC(=O)Nc3cc(-c4ccsc4)nn3C)CCOCC2)on1. The largest absolute Gasteiger partial charge is 0.381 e. The van der Waals surface area contributed by atoms with Gasteiger partial charge in [0.15, 0.2) is 5.76 Å². The van der Waals surface area contributed by atoms with Crippen LogP contribution >= 0.6 is 11.3 Å². The zero-order valence-electron chi connectivity index (χ0n) is 15.2. The van der Waals surface area contributed by atoms with Gasteiger partial charge >= 0.3 is 6.03 Å². The molecule has 0 unspecified atom stereocenters. The first-order chi connectivity index (χ1) is 13.1. The second kappa shape index (κ2) is 7.16. The van der Waals surface area contributed by atoms with Crippen molar-refractivity contribution in [1.82, 2.24) is 20.3 Å². The van der Waals surface area contributed by atoms with Crippen molar-refractivity contribution in [3.8, 4) is 11.3 Å². The third-order valence-corrected chi connectivity index (χ3v) is 5.42. The highest BCUT2D eigenvalue weighted by Gasteiger charge is 2.39. The molecule has 1 aliphatic rings. The first kappa shape index (κ1) is 17.7. The summed E-state index contributed by atoms with van der Waals surface area (Å²) in [6, 6.07) is 5.41. The highest BCUT2D eigenvalue weighted by molar-refractivity contribution is 7.08. The number of aryl methyl sites for hydroxylation is 2. The standard InChI is InChI=1S/C18H21N5O3S/c1-12-9-15(26-22-12)18(4-6-25-7-5-18)20-17(24)19-16-10-14(21-23(16)2)13-3-8-27-11-13/h3,8-11H,4-7H2,1-2H3,(H2,19,20,24). The van der Waals surface area contributed by atoms with Gasteiger partial charge in [-0.3, -0.25) is 10.00 Å². The molecule has 0 saturated carbocycles. The molecule has 9 heteroatoms. The Kier molecular flexibility index (Phi) is 4.71. The van der Waals surface area contributed by atoms with Gasteiger partial charge in [-0.2, -0.15) is 16.4 Å². The van der Waals surface area contributed by atoms with Crippen molar-refractivity contribution in [2.75, 3.05) is 18.5 Å². The molecule has 0 spiro atoms. The van der Waals surface area contributed by atoms with Gasteiger partial charge in [-0.25, -0.2) is 4.79 Å². The summed E-state index contributed by atoms with van der Waals surface area (Å²) >= 11 is 1.61. The van der Waals surface area contributed by atoms with Crippen molar-refractivity contribution in [2.45, 2.75) is 25.3 Å². The molecular formula is C18H21N5O3S. The predicted octanol–water partition coefficient (Wildman–Crippen LogP) is 3.27. The number of hydrogen-bond acceptors (Lipinski definition) is 6. The van der Waals surface area contributed by atoms with Crippen LogP contribution in [0.4, 0.5) is 10.6 Å². The summed E-state index contributed by atoms with van der Waals surface area (Å²) in [7, 11) is 1.80. The molecule has 27 heavy (non-hydrogen) atoms. The van der Waals surface area contributed by atoms with Crippen LogP contribution < -0.4 is 10.6 Å². The van der Waals surface area contributed by atoms with E-state index in [9.17, 15) is 4.79 Å². The van der Waals surface area contributed by atoms with E-state index >= 15 is 0 Å². The number of nitrogens with zero attached hydrogens (tertiary/aromatic N) is 3. The Bertz CT molecular complexity index is 925. The number of thiophene rings is 1. The van der Waals surface area contributed by atoms with Gasteiger partial charge in [0, 0.05) is 56.2 Å². The van der Waals surface area contributed by atoms with Gasteiger partial charge in [0.05, 0.1) is 11.4 Å². The maximum Gasteiger partial charge on any atom is 0.321 e. The highest BCUT2D eigenvalue weighted by atomic mass is 32.1. The van der Waals surface area contributed by atoms with Gasteiger partial charge in [-0.1, -0.05) is 5.16 Å². The maximum atomic E-state index is 12.7. The van der Waals surface area contributed by atoms with Crippen LogP contribution in [0.5, 0.6) is 0 Å². The minimum absolute atomic E-state index is 0.314. The summed E-state index contributed by atoms with van der Waals surface area (Å²) in [5, 5.41) is 18.4. The van der Waals surface area contributed by atoms with E-state index < -0.39 is 5.54 Å². The van der Waals surface area contributed by atoms with Crippen LogP contribution in [0, 0.1) is 6.92 Å². The first-order valence-electron chi connectivity index (χ1n) is 8.73. The second-order valence-electron chi connectivity index (χ2n) is 6.66. The average Bonchev–Trinajstić information content (AvgIpc) is 3.38. The molecule has 0 aliphatic carbocycles. The lowest BCUT2D eigenvalue weighted by Gasteiger charge is -2.35. The molecule has 4 rings (SSSR count). The second-order valence-corrected chi connectivity index (χ2v) is 7.44. The zero-order valence-corrected chi connectivity index (χ0v) is 16.0.